The molecule has 0 heterocycles. The number of nitro groups is 1. The van der Waals surface area contributed by atoms with E-state index in [0.29, 0.717) is 6.61 Å². The van der Waals surface area contributed by atoms with E-state index in [1.807, 2.05) is 0 Å². The number of ether oxygens (including phenoxy) is 2. The summed E-state index contributed by atoms with van der Waals surface area (Å²) in [5.74, 6) is 0.259. The molecule has 1 saturated carbocycles. The van der Waals surface area contributed by atoms with Crippen molar-refractivity contribution in [2.45, 2.75) is 31.6 Å². The number of methoxy groups -OCH3 is 1. The number of benzene rings is 1. The molecule has 2 rings (SSSR count). The van der Waals surface area contributed by atoms with E-state index in [1.54, 1.807) is 12.1 Å². The SMILES string of the molecule is COc1ccc(COC2CC(N)C2)cc1[N+](=O)[O-].Cl. The van der Waals surface area contributed by atoms with Gasteiger partial charge in [0.15, 0.2) is 5.75 Å². The van der Waals surface area contributed by atoms with Gasteiger partial charge in [-0.15, -0.1) is 12.4 Å². The van der Waals surface area contributed by atoms with Crippen LogP contribution in [0.3, 0.4) is 0 Å². The molecule has 6 nitrogen and oxygen atoms in total. The zero-order valence-electron chi connectivity index (χ0n) is 10.6. The van der Waals surface area contributed by atoms with Crippen molar-refractivity contribution < 1.29 is 14.4 Å². The van der Waals surface area contributed by atoms with Crippen LogP contribution < -0.4 is 10.5 Å². The molecule has 0 amide bonds. The lowest BCUT2D eigenvalue weighted by Gasteiger charge is -2.32. The van der Waals surface area contributed by atoms with Crippen LogP contribution in [-0.2, 0) is 11.3 Å². The van der Waals surface area contributed by atoms with Crippen molar-refractivity contribution in [3.8, 4) is 5.75 Å². The van der Waals surface area contributed by atoms with Crippen molar-refractivity contribution in [1.29, 1.82) is 0 Å². The molecule has 0 unspecified atom stereocenters. The van der Waals surface area contributed by atoms with Gasteiger partial charge >= 0.3 is 5.69 Å². The van der Waals surface area contributed by atoms with Crippen molar-refractivity contribution in [3.05, 3.63) is 33.9 Å². The molecule has 1 aliphatic rings. The molecule has 7 heteroatoms. The predicted molar refractivity (Wildman–Crippen MR) is 72.7 cm³/mol. The molecule has 0 radical (unpaired) electrons. The maximum Gasteiger partial charge on any atom is 0.311 e. The van der Waals surface area contributed by atoms with E-state index in [4.69, 9.17) is 15.2 Å². The van der Waals surface area contributed by atoms with E-state index in [0.717, 1.165) is 18.4 Å². The molecule has 0 bridgehead atoms. The van der Waals surface area contributed by atoms with Crippen molar-refractivity contribution in [2.75, 3.05) is 7.11 Å². The fourth-order valence-electron chi connectivity index (χ4n) is 1.92. The van der Waals surface area contributed by atoms with Crippen LogP contribution in [0.5, 0.6) is 5.75 Å². The summed E-state index contributed by atoms with van der Waals surface area (Å²) in [4.78, 5) is 10.4. The third-order valence-electron chi connectivity index (χ3n) is 3.06. The van der Waals surface area contributed by atoms with E-state index < -0.39 is 4.92 Å². The Morgan fingerprint density at radius 1 is 1.47 bits per heavy atom. The Morgan fingerprint density at radius 3 is 2.68 bits per heavy atom. The third kappa shape index (κ3) is 3.79. The van der Waals surface area contributed by atoms with Gasteiger partial charge in [0, 0.05) is 12.1 Å². The Morgan fingerprint density at radius 2 is 2.16 bits per heavy atom. The lowest BCUT2D eigenvalue weighted by Crippen LogP contribution is -2.41. The van der Waals surface area contributed by atoms with Gasteiger partial charge in [-0.25, -0.2) is 0 Å². The second kappa shape index (κ2) is 6.70. The van der Waals surface area contributed by atoms with E-state index >= 15 is 0 Å². The number of halogens is 1. The van der Waals surface area contributed by atoms with Gasteiger partial charge in [0.25, 0.3) is 0 Å². The summed E-state index contributed by atoms with van der Waals surface area (Å²) < 4.78 is 10.5. The number of hydrogen-bond donors (Lipinski definition) is 1. The van der Waals surface area contributed by atoms with Crippen LogP contribution in [0, 0.1) is 10.1 Å². The first-order chi connectivity index (χ1) is 8.60. The van der Waals surface area contributed by atoms with E-state index in [-0.39, 0.29) is 36.0 Å². The number of nitrogens with two attached hydrogens (primary N) is 1. The average Bonchev–Trinajstić information content (AvgIpc) is 2.32. The zero-order chi connectivity index (χ0) is 13.1. The van der Waals surface area contributed by atoms with E-state index in [2.05, 4.69) is 0 Å². The highest BCUT2D eigenvalue weighted by Crippen LogP contribution is 2.29. The van der Waals surface area contributed by atoms with Crippen LogP contribution in [0.4, 0.5) is 5.69 Å². The number of nitrogens with zero attached hydrogens (tertiary/aromatic N) is 1. The Bertz CT molecular complexity index is 449. The molecule has 0 atom stereocenters. The normalized spacial score (nSPS) is 21.2. The van der Waals surface area contributed by atoms with Gasteiger partial charge in [0.1, 0.15) is 0 Å². The fourth-order valence-corrected chi connectivity index (χ4v) is 1.92. The molecule has 1 aliphatic carbocycles. The standard InChI is InChI=1S/C12H16N2O4.ClH/c1-17-12-3-2-8(4-11(12)14(15)16)7-18-10-5-9(13)6-10;/h2-4,9-10H,5-7,13H2,1H3;1H. The molecule has 2 N–H and O–H groups in total. The zero-order valence-corrected chi connectivity index (χ0v) is 11.4. The third-order valence-corrected chi connectivity index (χ3v) is 3.06. The minimum Gasteiger partial charge on any atom is -0.490 e. The number of hydrogen-bond acceptors (Lipinski definition) is 5. The summed E-state index contributed by atoms with van der Waals surface area (Å²) in [5.41, 5.74) is 6.38. The molecule has 1 fully saturated rings. The summed E-state index contributed by atoms with van der Waals surface area (Å²) in [5, 5.41) is 10.8. The second-order valence-electron chi connectivity index (χ2n) is 4.43. The van der Waals surface area contributed by atoms with Gasteiger partial charge in [-0.3, -0.25) is 10.1 Å². The molecule has 0 aromatic heterocycles. The lowest BCUT2D eigenvalue weighted by molar-refractivity contribution is -0.385. The molecule has 0 aliphatic heterocycles. The van der Waals surface area contributed by atoms with Crippen molar-refractivity contribution in [2.24, 2.45) is 5.73 Å². The first-order valence-corrected chi connectivity index (χ1v) is 5.78. The van der Waals surface area contributed by atoms with Gasteiger partial charge < -0.3 is 15.2 Å². The molecular weight excluding hydrogens is 272 g/mol. The predicted octanol–water partition coefficient (Wildman–Crippen LogP) is 2.03. The van der Waals surface area contributed by atoms with Gasteiger partial charge in [-0.1, -0.05) is 6.07 Å². The van der Waals surface area contributed by atoms with Gasteiger partial charge in [0.2, 0.25) is 0 Å². The topological polar surface area (TPSA) is 87.6 Å². The smallest absolute Gasteiger partial charge is 0.311 e. The quantitative estimate of drug-likeness (QED) is 0.661. The fraction of sp³-hybridized carbons (Fsp3) is 0.500. The van der Waals surface area contributed by atoms with Crippen molar-refractivity contribution >= 4 is 18.1 Å². The van der Waals surface area contributed by atoms with Crippen LogP contribution in [0.2, 0.25) is 0 Å². The minimum atomic E-state index is -0.457. The Hall–Kier alpha value is -1.37. The highest BCUT2D eigenvalue weighted by atomic mass is 35.5. The summed E-state index contributed by atoms with van der Waals surface area (Å²) in [6, 6.07) is 5.07. The minimum absolute atomic E-state index is 0. The summed E-state index contributed by atoms with van der Waals surface area (Å²) in [7, 11) is 1.41. The first kappa shape index (κ1) is 15.7. The van der Waals surface area contributed by atoms with Crippen LogP contribution in [0.1, 0.15) is 18.4 Å². The largest absolute Gasteiger partial charge is 0.490 e. The van der Waals surface area contributed by atoms with E-state index in [9.17, 15) is 10.1 Å². The van der Waals surface area contributed by atoms with Crippen LogP contribution >= 0.6 is 12.4 Å². The molecule has 19 heavy (non-hydrogen) atoms. The Kier molecular flexibility index (Phi) is 5.53. The Balaban J connectivity index is 0.00000180. The van der Waals surface area contributed by atoms with Crippen molar-refractivity contribution in [3.63, 3.8) is 0 Å². The molecule has 106 valence electrons. The van der Waals surface area contributed by atoms with Crippen LogP contribution in [-0.4, -0.2) is 24.2 Å². The number of rotatable bonds is 5. The molecule has 1 aromatic rings. The monoisotopic (exact) mass is 288 g/mol. The van der Waals surface area contributed by atoms with Gasteiger partial charge in [-0.05, 0) is 24.5 Å². The number of nitro benzene ring substituents is 1. The molecular formula is C12H17ClN2O4. The second-order valence-corrected chi connectivity index (χ2v) is 4.43. The highest BCUT2D eigenvalue weighted by molar-refractivity contribution is 5.85. The van der Waals surface area contributed by atoms with Crippen LogP contribution in [0.25, 0.3) is 0 Å². The summed E-state index contributed by atoms with van der Waals surface area (Å²) in [6.45, 7) is 0.363. The van der Waals surface area contributed by atoms with Crippen LogP contribution in [0.15, 0.2) is 18.2 Å². The van der Waals surface area contributed by atoms with Gasteiger partial charge in [-0.2, -0.15) is 0 Å². The molecule has 1 aromatic carbocycles. The molecule has 0 spiro atoms. The van der Waals surface area contributed by atoms with Crippen molar-refractivity contribution in [1.82, 2.24) is 0 Å². The highest BCUT2D eigenvalue weighted by Gasteiger charge is 2.26. The lowest BCUT2D eigenvalue weighted by atomic mass is 9.90. The maximum absolute atomic E-state index is 10.8. The Labute approximate surface area is 117 Å². The maximum atomic E-state index is 10.8. The summed E-state index contributed by atoms with van der Waals surface area (Å²) in [6.07, 6.45) is 1.90. The summed E-state index contributed by atoms with van der Waals surface area (Å²) >= 11 is 0. The average molecular weight is 289 g/mol. The first-order valence-electron chi connectivity index (χ1n) is 5.78. The molecule has 0 saturated heterocycles. The van der Waals surface area contributed by atoms with E-state index in [1.165, 1.54) is 13.2 Å². The van der Waals surface area contributed by atoms with Gasteiger partial charge in [0.05, 0.1) is 24.7 Å².